The number of ketones is 1. The zero-order valence-electron chi connectivity index (χ0n) is 16.6. The van der Waals surface area contributed by atoms with Crippen LogP contribution < -0.4 is 14.2 Å². The first-order valence-corrected chi connectivity index (χ1v) is 9.43. The van der Waals surface area contributed by atoms with Crippen molar-refractivity contribution in [2.75, 3.05) is 0 Å². The van der Waals surface area contributed by atoms with Crippen LogP contribution in [-0.4, -0.2) is 19.0 Å². The minimum absolute atomic E-state index is 0.217. The molecule has 0 aliphatic carbocycles. The average Bonchev–Trinajstić information content (AvgIpc) is 2.77. The van der Waals surface area contributed by atoms with Crippen molar-refractivity contribution in [3.8, 4) is 17.2 Å². The van der Waals surface area contributed by atoms with Gasteiger partial charge >= 0.3 is 13.2 Å². The number of halogens is 4. The van der Waals surface area contributed by atoms with Gasteiger partial charge in [-0.1, -0.05) is 48.5 Å². The number of alkyl halides is 4. The summed E-state index contributed by atoms with van der Waals surface area (Å²) < 4.78 is 64.2. The lowest BCUT2D eigenvalue weighted by Crippen LogP contribution is -2.08. The number of hydrogen-bond donors (Lipinski definition) is 0. The molecule has 0 unspecified atom stereocenters. The maximum atomic E-state index is 12.7. The van der Waals surface area contributed by atoms with Crippen LogP contribution in [0.4, 0.5) is 17.6 Å². The fourth-order valence-electron chi connectivity index (χ4n) is 2.75. The largest absolute Gasteiger partial charge is 0.489 e. The number of allylic oxidation sites excluding steroid dienone is 1. The molecule has 4 nitrogen and oxygen atoms in total. The van der Waals surface area contributed by atoms with E-state index in [0.29, 0.717) is 17.9 Å². The molecule has 0 saturated heterocycles. The van der Waals surface area contributed by atoms with Gasteiger partial charge < -0.3 is 14.2 Å². The van der Waals surface area contributed by atoms with Crippen molar-refractivity contribution in [3.05, 3.63) is 95.6 Å². The van der Waals surface area contributed by atoms with Crippen LogP contribution in [0.25, 0.3) is 6.08 Å². The highest BCUT2D eigenvalue weighted by Gasteiger charge is 2.17. The normalized spacial score (nSPS) is 11.2. The van der Waals surface area contributed by atoms with Crippen LogP contribution in [0.5, 0.6) is 17.2 Å². The SMILES string of the molecule is O=C(C=Cc1ccc(OCc2ccccc2)cc1)c1ccc(OC(F)F)cc1OC(F)F. The van der Waals surface area contributed by atoms with Gasteiger partial charge in [0.15, 0.2) is 5.78 Å². The van der Waals surface area contributed by atoms with Crippen molar-refractivity contribution < 1.29 is 36.6 Å². The van der Waals surface area contributed by atoms with E-state index >= 15 is 0 Å². The van der Waals surface area contributed by atoms with Crippen LogP contribution in [0, 0.1) is 0 Å². The number of carbonyl (C=O) groups excluding carboxylic acids is 1. The molecule has 8 heteroatoms. The third-order valence-corrected chi connectivity index (χ3v) is 4.22. The molecule has 0 atom stereocenters. The summed E-state index contributed by atoms with van der Waals surface area (Å²) in [7, 11) is 0. The molecule has 0 saturated carbocycles. The molecule has 0 amide bonds. The van der Waals surface area contributed by atoms with E-state index in [-0.39, 0.29) is 5.56 Å². The predicted octanol–water partition coefficient (Wildman–Crippen LogP) is 6.36. The van der Waals surface area contributed by atoms with E-state index in [1.165, 1.54) is 12.2 Å². The van der Waals surface area contributed by atoms with Gasteiger partial charge in [-0.15, -0.1) is 0 Å². The van der Waals surface area contributed by atoms with E-state index in [4.69, 9.17) is 4.74 Å². The molecule has 0 heterocycles. The van der Waals surface area contributed by atoms with Crippen LogP contribution in [0.15, 0.2) is 78.9 Å². The van der Waals surface area contributed by atoms with Gasteiger partial charge in [0, 0.05) is 6.07 Å². The molecule has 0 aliphatic rings. The first-order valence-electron chi connectivity index (χ1n) is 9.43. The minimum atomic E-state index is -3.24. The molecule has 0 fully saturated rings. The third-order valence-electron chi connectivity index (χ3n) is 4.22. The van der Waals surface area contributed by atoms with E-state index in [1.54, 1.807) is 24.3 Å². The molecular formula is C24H18F4O4. The Hall–Kier alpha value is -3.81. The molecule has 32 heavy (non-hydrogen) atoms. The Kier molecular flexibility index (Phi) is 7.85. The summed E-state index contributed by atoms with van der Waals surface area (Å²) in [5, 5.41) is 0. The summed E-state index contributed by atoms with van der Waals surface area (Å²) in [5.74, 6) is -0.965. The first-order chi connectivity index (χ1) is 15.4. The Bertz CT molecular complexity index is 1050. The summed E-state index contributed by atoms with van der Waals surface area (Å²) in [6.07, 6.45) is 2.65. The second kappa shape index (κ2) is 11.0. The van der Waals surface area contributed by atoms with Gasteiger partial charge in [-0.2, -0.15) is 17.6 Å². The van der Waals surface area contributed by atoms with E-state index < -0.39 is 30.5 Å². The number of carbonyl (C=O) groups is 1. The van der Waals surface area contributed by atoms with Gasteiger partial charge in [0.2, 0.25) is 0 Å². The standard InChI is InChI=1S/C24H18F4O4/c25-23(26)31-19-11-12-20(22(14-19)32-24(27)28)21(29)13-8-16-6-9-18(10-7-16)30-15-17-4-2-1-3-5-17/h1-14,23-24H,15H2. The van der Waals surface area contributed by atoms with Crippen LogP contribution in [0.1, 0.15) is 21.5 Å². The lowest BCUT2D eigenvalue weighted by Gasteiger charge is -2.11. The van der Waals surface area contributed by atoms with Crippen molar-refractivity contribution in [2.24, 2.45) is 0 Å². The smallest absolute Gasteiger partial charge is 0.387 e. The number of benzene rings is 3. The topological polar surface area (TPSA) is 44.8 Å². The molecule has 0 aromatic heterocycles. The first kappa shape index (κ1) is 22.9. The van der Waals surface area contributed by atoms with Crippen LogP contribution in [-0.2, 0) is 6.61 Å². The van der Waals surface area contributed by atoms with E-state index in [1.807, 2.05) is 30.3 Å². The molecule has 3 aromatic rings. The molecule has 3 aromatic carbocycles. The summed E-state index contributed by atoms with van der Waals surface area (Å²) >= 11 is 0. The Balaban J connectivity index is 1.67. The highest BCUT2D eigenvalue weighted by atomic mass is 19.3. The van der Waals surface area contributed by atoms with Gasteiger partial charge in [-0.3, -0.25) is 4.79 Å². The fourth-order valence-corrected chi connectivity index (χ4v) is 2.75. The number of rotatable bonds is 10. The van der Waals surface area contributed by atoms with E-state index in [9.17, 15) is 22.4 Å². The second-order valence-corrected chi connectivity index (χ2v) is 6.46. The molecule has 0 N–H and O–H groups in total. The molecule has 0 aliphatic heterocycles. The van der Waals surface area contributed by atoms with Gasteiger partial charge in [0.1, 0.15) is 23.9 Å². The highest BCUT2D eigenvalue weighted by molar-refractivity contribution is 6.08. The Morgan fingerprint density at radius 2 is 1.47 bits per heavy atom. The lowest BCUT2D eigenvalue weighted by molar-refractivity contribution is -0.0544. The monoisotopic (exact) mass is 446 g/mol. The van der Waals surface area contributed by atoms with Crippen LogP contribution in [0.3, 0.4) is 0 Å². The molecule has 0 bridgehead atoms. The Morgan fingerprint density at radius 3 is 2.12 bits per heavy atom. The number of ether oxygens (including phenoxy) is 3. The predicted molar refractivity (Wildman–Crippen MR) is 110 cm³/mol. The summed E-state index contributed by atoms with van der Waals surface area (Å²) in [6, 6.07) is 19.5. The quantitative estimate of drug-likeness (QED) is 0.206. The van der Waals surface area contributed by atoms with Crippen molar-refractivity contribution >= 4 is 11.9 Å². The maximum Gasteiger partial charge on any atom is 0.387 e. The van der Waals surface area contributed by atoms with E-state index in [2.05, 4.69) is 9.47 Å². The van der Waals surface area contributed by atoms with Crippen LogP contribution in [0.2, 0.25) is 0 Å². The van der Waals surface area contributed by atoms with Crippen molar-refractivity contribution in [1.82, 2.24) is 0 Å². The van der Waals surface area contributed by atoms with Gasteiger partial charge in [0.25, 0.3) is 0 Å². The number of hydrogen-bond acceptors (Lipinski definition) is 4. The minimum Gasteiger partial charge on any atom is -0.489 e. The lowest BCUT2D eigenvalue weighted by atomic mass is 10.1. The second-order valence-electron chi connectivity index (χ2n) is 6.46. The van der Waals surface area contributed by atoms with Gasteiger partial charge in [0.05, 0.1) is 5.56 Å². The zero-order valence-corrected chi connectivity index (χ0v) is 16.6. The zero-order chi connectivity index (χ0) is 22.9. The van der Waals surface area contributed by atoms with E-state index in [0.717, 1.165) is 23.8 Å². The maximum absolute atomic E-state index is 12.7. The summed E-state index contributed by atoms with van der Waals surface area (Å²) in [6.45, 7) is -5.97. The Labute approximate surface area is 181 Å². The van der Waals surface area contributed by atoms with Crippen molar-refractivity contribution in [3.63, 3.8) is 0 Å². The van der Waals surface area contributed by atoms with Crippen molar-refractivity contribution in [2.45, 2.75) is 19.8 Å². The van der Waals surface area contributed by atoms with Crippen molar-refractivity contribution in [1.29, 1.82) is 0 Å². The molecule has 0 spiro atoms. The molecule has 166 valence electrons. The highest BCUT2D eigenvalue weighted by Crippen LogP contribution is 2.28. The third kappa shape index (κ3) is 6.87. The summed E-state index contributed by atoms with van der Waals surface area (Å²) in [4.78, 5) is 12.5. The fraction of sp³-hybridized carbons (Fsp3) is 0.125. The Morgan fingerprint density at radius 1 is 0.812 bits per heavy atom. The molecule has 0 radical (unpaired) electrons. The van der Waals surface area contributed by atoms with Crippen LogP contribution >= 0.6 is 0 Å². The van der Waals surface area contributed by atoms with Gasteiger partial charge in [-0.05, 0) is 41.5 Å². The van der Waals surface area contributed by atoms with Gasteiger partial charge in [-0.25, -0.2) is 0 Å². The average molecular weight is 446 g/mol. The molecule has 3 rings (SSSR count). The molecular weight excluding hydrogens is 428 g/mol. The summed E-state index contributed by atoms with van der Waals surface area (Å²) in [5.41, 5.74) is 1.47.